The van der Waals surface area contributed by atoms with Gasteiger partial charge in [0.05, 0.1) is 0 Å². The monoisotopic (exact) mass is 184 g/mol. The van der Waals surface area contributed by atoms with E-state index in [4.69, 9.17) is 0 Å². The van der Waals surface area contributed by atoms with E-state index < -0.39 is 28.3 Å². The number of halogens is 1. The van der Waals surface area contributed by atoms with Crippen LogP contribution in [0.3, 0.4) is 0 Å². The maximum atomic E-state index is 12.4. The van der Waals surface area contributed by atoms with Gasteiger partial charge in [0.2, 0.25) is 0 Å². The molecule has 1 aliphatic rings. The van der Waals surface area contributed by atoms with Gasteiger partial charge in [-0.3, -0.25) is 4.79 Å². The molecule has 2 unspecified atom stereocenters. The molecule has 1 fully saturated rings. The first-order chi connectivity index (χ1) is 5.05. The molecular weight excluding hydrogens is 179 g/mol. The zero-order valence-electron chi connectivity index (χ0n) is 5.27. The normalized spacial score (nSPS) is 35.0. The lowest BCUT2D eigenvalue weighted by atomic mass is 10.4. The maximum absolute atomic E-state index is 12.4. The summed E-state index contributed by atoms with van der Waals surface area (Å²) >= 11 is 0. The summed E-state index contributed by atoms with van der Waals surface area (Å²) in [7, 11) is -3.83. The predicted octanol–water partition coefficient (Wildman–Crippen LogP) is -0.816. The molecule has 64 valence electrons. The minimum Gasteiger partial charge on any atom is -0.458 e. The van der Waals surface area contributed by atoms with Gasteiger partial charge in [-0.05, 0) is 0 Å². The van der Waals surface area contributed by atoms with Crippen LogP contribution in [0, 0.1) is 0 Å². The minimum atomic E-state index is -3.83. The van der Waals surface area contributed by atoms with Crippen molar-refractivity contribution in [3.05, 3.63) is 0 Å². The van der Waals surface area contributed by atoms with Gasteiger partial charge in [0.1, 0.15) is 5.75 Å². The average Bonchev–Trinajstić information content (AvgIpc) is 2.07. The summed E-state index contributed by atoms with van der Waals surface area (Å²) in [5, 5.41) is 0. The SMILES string of the molecule is O=COC1CS(=O)(=O)OC1F. The van der Waals surface area contributed by atoms with Gasteiger partial charge in [0.15, 0.2) is 6.10 Å². The highest BCUT2D eigenvalue weighted by Gasteiger charge is 2.40. The Morgan fingerprint density at radius 1 is 1.64 bits per heavy atom. The van der Waals surface area contributed by atoms with E-state index in [2.05, 4.69) is 8.92 Å². The Balaban J connectivity index is 2.66. The fourth-order valence-electron chi connectivity index (χ4n) is 0.691. The molecule has 0 bridgehead atoms. The zero-order chi connectivity index (χ0) is 8.48. The van der Waals surface area contributed by atoms with Crippen molar-refractivity contribution < 1.29 is 26.5 Å². The highest BCUT2D eigenvalue weighted by atomic mass is 32.2. The second-order valence-corrected chi connectivity index (χ2v) is 3.58. The molecule has 0 aromatic heterocycles. The molecule has 7 heteroatoms. The Kier molecular flexibility index (Phi) is 2.10. The fourth-order valence-corrected chi connectivity index (χ4v) is 1.81. The molecule has 0 amide bonds. The van der Waals surface area contributed by atoms with E-state index in [0.717, 1.165) is 0 Å². The summed E-state index contributed by atoms with van der Waals surface area (Å²) in [5.74, 6) is -0.618. The summed E-state index contributed by atoms with van der Waals surface area (Å²) in [6, 6.07) is 0. The van der Waals surface area contributed by atoms with Crippen molar-refractivity contribution >= 4 is 16.6 Å². The Morgan fingerprint density at radius 3 is 2.64 bits per heavy atom. The van der Waals surface area contributed by atoms with Crippen LogP contribution < -0.4 is 0 Å². The summed E-state index contributed by atoms with van der Waals surface area (Å²) in [5.41, 5.74) is 0. The van der Waals surface area contributed by atoms with Gasteiger partial charge in [0, 0.05) is 0 Å². The third-order valence-electron chi connectivity index (χ3n) is 1.13. The van der Waals surface area contributed by atoms with Crippen LogP contribution in [0.1, 0.15) is 0 Å². The molecule has 1 aliphatic heterocycles. The molecule has 11 heavy (non-hydrogen) atoms. The molecule has 5 nitrogen and oxygen atoms in total. The number of carbonyl (C=O) groups excluding carboxylic acids is 1. The van der Waals surface area contributed by atoms with Crippen molar-refractivity contribution in [3.8, 4) is 0 Å². The smallest absolute Gasteiger partial charge is 0.293 e. The number of rotatable bonds is 2. The molecule has 0 N–H and O–H groups in total. The van der Waals surface area contributed by atoms with Crippen LogP contribution in [0.2, 0.25) is 0 Å². The number of ether oxygens (including phenoxy) is 1. The maximum Gasteiger partial charge on any atom is 0.293 e. The lowest BCUT2D eigenvalue weighted by Gasteiger charge is -2.04. The Bertz CT molecular complexity index is 247. The van der Waals surface area contributed by atoms with E-state index in [9.17, 15) is 17.6 Å². The van der Waals surface area contributed by atoms with Crippen molar-refractivity contribution in [3.63, 3.8) is 0 Å². The van der Waals surface area contributed by atoms with E-state index in [1.807, 2.05) is 0 Å². The molecule has 0 aliphatic carbocycles. The lowest BCUT2D eigenvalue weighted by molar-refractivity contribution is -0.139. The van der Waals surface area contributed by atoms with Crippen molar-refractivity contribution in [2.45, 2.75) is 12.5 Å². The number of hydrogen-bond acceptors (Lipinski definition) is 5. The van der Waals surface area contributed by atoms with Gasteiger partial charge >= 0.3 is 0 Å². The summed E-state index contributed by atoms with van der Waals surface area (Å²) in [4.78, 5) is 9.68. The second-order valence-electron chi connectivity index (χ2n) is 1.94. The second kappa shape index (κ2) is 2.74. The Hall–Kier alpha value is -0.690. The van der Waals surface area contributed by atoms with E-state index in [1.54, 1.807) is 0 Å². The van der Waals surface area contributed by atoms with Crippen molar-refractivity contribution in [2.24, 2.45) is 0 Å². The van der Waals surface area contributed by atoms with E-state index in [0.29, 0.717) is 0 Å². The predicted molar refractivity (Wildman–Crippen MR) is 30.7 cm³/mol. The van der Waals surface area contributed by atoms with Crippen LogP contribution in [-0.4, -0.2) is 33.1 Å². The van der Waals surface area contributed by atoms with Crippen LogP contribution in [0.5, 0.6) is 0 Å². The standard InChI is InChI=1S/C4H5FO5S/c5-4-3(9-2-6)1-11(7,8)10-4/h2-4H,1H2. The first-order valence-corrected chi connectivity index (χ1v) is 4.27. The highest BCUT2D eigenvalue weighted by Crippen LogP contribution is 2.19. The zero-order valence-corrected chi connectivity index (χ0v) is 6.08. The third kappa shape index (κ3) is 1.87. The quantitative estimate of drug-likeness (QED) is 0.414. The number of alkyl halides is 1. The molecule has 1 saturated heterocycles. The van der Waals surface area contributed by atoms with Crippen molar-refractivity contribution in [1.29, 1.82) is 0 Å². The van der Waals surface area contributed by atoms with Crippen LogP contribution >= 0.6 is 0 Å². The molecule has 2 atom stereocenters. The highest BCUT2D eigenvalue weighted by molar-refractivity contribution is 7.87. The van der Waals surface area contributed by atoms with Gasteiger partial charge < -0.3 is 4.74 Å². The number of carbonyl (C=O) groups is 1. The van der Waals surface area contributed by atoms with Crippen molar-refractivity contribution in [2.75, 3.05) is 5.75 Å². The fraction of sp³-hybridized carbons (Fsp3) is 0.750. The van der Waals surface area contributed by atoms with Gasteiger partial charge in [-0.25, -0.2) is 8.57 Å². The minimum absolute atomic E-state index is 0.0125. The first kappa shape index (κ1) is 8.41. The van der Waals surface area contributed by atoms with E-state index >= 15 is 0 Å². The molecule has 0 saturated carbocycles. The molecule has 1 heterocycles. The van der Waals surface area contributed by atoms with Gasteiger partial charge in [0.25, 0.3) is 22.9 Å². The first-order valence-electron chi connectivity index (χ1n) is 2.69. The lowest BCUT2D eigenvalue weighted by Crippen LogP contribution is -2.22. The third-order valence-corrected chi connectivity index (χ3v) is 2.34. The van der Waals surface area contributed by atoms with E-state index in [-0.39, 0.29) is 6.47 Å². The Morgan fingerprint density at radius 2 is 2.27 bits per heavy atom. The Labute approximate surface area is 62.2 Å². The molecule has 0 aromatic rings. The van der Waals surface area contributed by atoms with Gasteiger partial charge in [-0.1, -0.05) is 0 Å². The van der Waals surface area contributed by atoms with Crippen LogP contribution in [-0.2, 0) is 23.8 Å². The summed E-state index contributed by atoms with van der Waals surface area (Å²) in [6.45, 7) is -0.0125. The van der Waals surface area contributed by atoms with Crippen LogP contribution in [0.15, 0.2) is 0 Å². The summed E-state index contributed by atoms with van der Waals surface area (Å²) < 4.78 is 41.2. The molecule has 0 aromatic carbocycles. The van der Waals surface area contributed by atoms with Crippen LogP contribution in [0.25, 0.3) is 0 Å². The van der Waals surface area contributed by atoms with E-state index in [1.165, 1.54) is 0 Å². The van der Waals surface area contributed by atoms with Crippen molar-refractivity contribution in [1.82, 2.24) is 0 Å². The molecule has 0 radical (unpaired) electrons. The van der Waals surface area contributed by atoms with Crippen LogP contribution in [0.4, 0.5) is 4.39 Å². The van der Waals surface area contributed by atoms with Gasteiger partial charge in [-0.2, -0.15) is 8.42 Å². The molecule has 0 spiro atoms. The molecular formula is C4H5FO5S. The van der Waals surface area contributed by atoms with Gasteiger partial charge in [-0.15, -0.1) is 0 Å². The average molecular weight is 184 g/mol. The topological polar surface area (TPSA) is 69.7 Å². The molecule has 1 rings (SSSR count). The number of hydrogen-bond donors (Lipinski definition) is 0. The summed E-state index contributed by atoms with van der Waals surface area (Å²) in [6.07, 6.45) is -3.39. The largest absolute Gasteiger partial charge is 0.458 e.